The second-order valence-corrected chi connectivity index (χ2v) is 5.03. The van der Waals surface area contributed by atoms with Crippen molar-refractivity contribution >= 4 is 23.4 Å². The molecule has 0 spiro atoms. The average Bonchev–Trinajstić information content (AvgIpc) is 2.42. The van der Waals surface area contributed by atoms with Crippen molar-refractivity contribution in [1.82, 2.24) is 0 Å². The Morgan fingerprint density at radius 3 is 2.68 bits per heavy atom. The molecule has 19 heavy (non-hydrogen) atoms. The maximum absolute atomic E-state index is 13.2. The summed E-state index contributed by atoms with van der Waals surface area (Å²) in [4.78, 5) is 13.1. The number of anilines is 1. The lowest BCUT2D eigenvalue weighted by molar-refractivity contribution is 0.102. The molecule has 98 valence electrons. The van der Waals surface area contributed by atoms with Crippen LogP contribution in [-0.4, -0.2) is 12.2 Å². The van der Waals surface area contributed by atoms with E-state index >= 15 is 0 Å². The Bertz CT molecular complexity index is 613. The Morgan fingerprint density at radius 1 is 1.21 bits per heavy atom. The summed E-state index contributed by atoms with van der Waals surface area (Å²) in [5.41, 5.74) is 1.65. The Kier molecular flexibility index (Phi) is 4.22. The molecule has 0 saturated heterocycles. The van der Waals surface area contributed by atoms with Gasteiger partial charge in [0.25, 0.3) is 5.91 Å². The highest BCUT2D eigenvalue weighted by molar-refractivity contribution is 7.98. The fraction of sp³-hybridized carbons (Fsp3) is 0.133. The summed E-state index contributed by atoms with van der Waals surface area (Å²) in [5.74, 6) is -0.540. The normalized spacial score (nSPS) is 10.3. The van der Waals surface area contributed by atoms with Gasteiger partial charge < -0.3 is 5.32 Å². The third kappa shape index (κ3) is 3.35. The summed E-state index contributed by atoms with van der Waals surface area (Å²) in [7, 11) is 0. The van der Waals surface area contributed by atoms with E-state index in [9.17, 15) is 9.18 Å². The van der Waals surface area contributed by atoms with Gasteiger partial charge in [-0.2, -0.15) is 0 Å². The first-order valence-electron chi connectivity index (χ1n) is 5.81. The topological polar surface area (TPSA) is 29.1 Å². The second-order valence-electron chi connectivity index (χ2n) is 4.15. The number of thioether (sulfide) groups is 1. The van der Waals surface area contributed by atoms with E-state index in [1.807, 2.05) is 30.5 Å². The van der Waals surface area contributed by atoms with E-state index in [0.29, 0.717) is 11.1 Å². The van der Waals surface area contributed by atoms with Gasteiger partial charge in [0.05, 0.1) is 0 Å². The number of rotatable bonds is 3. The maximum Gasteiger partial charge on any atom is 0.255 e. The van der Waals surface area contributed by atoms with Crippen molar-refractivity contribution in [3.63, 3.8) is 0 Å². The van der Waals surface area contributed by atoms with Gasteiger partial charge in [-0.3, -0.25) is 4.79 Å². The molecule has 0 saturated carbocycles. The van der Waals surface area contributed by atoms with Crippen LogP contribution in [0.1, 0.15) is 15.9 Å². The van der Waals surface area contributed by atoms with Crippen molar-refractivity contribution < 1.29 is 9.18 Å². The lowest BCUT2D eigenvalue weighted by atomic mass is 10.1. The molecule has 4 heteroatoms. The van der Waals surface area contributed by atoms with E-state index in [0.717, 1.165) is 10.6 Å². The summed E-state index contributed by atoms with van der Waals surface area (Å²) >= 11 is 1.61. The molecule has 0 fully saturated rings. The van der Waals surface area contributed by atoms with Gasteiger partial charge in [0.1, 0.15) is 5.82 Å². The largest absolute Gasteiger partial charge is 0.322 e. The molecule has 0 heterocycles. The Balaban J connectivity index is 2.18. The van der Waals surface area contributed by atoms with Crippen LogP contribution in [-0.2, 0) is 0 Å². The third-order valence-electron chi connectivity index (χ3n) is 2.75. The predicted molar refractivity (Wildman–Crippen MR) is 77.3 cm³/mol. The van der Waals surface area contributed by atoms with Gasteiger partial charge in [-0.25, -0.2) is 4.39 Å². The summed E-state index contributed by atoms with van der Waals surface area (Å²) < 4.78 is 13.2. The number of aryl methyl sites for hydroxylation is 1. The highest BCUT2D eigenvalue weighted by Gasteiger charge is 2.08. The number of amides is 1. The van der Waals surface area contributed by atoms with Gasteiger partial charge in [-0.15, -0.1) is 11.8 Å². The first kappa shape index (κ1) is 13.6. The molecule has 2 nitrogen and oxygen atoms in total. The van der Waals surface area contributed by atoms with Gasteiger partial charge in [-0.1, -0.05) is 6.07 Å². The summed E-state index contributed by atoms with van der Waals surface area (Å²) in [5, 5.41) is 2.80. The van der Waals surface area contributed by atoms with Crippen molar-refractivity contribution in [3.05, 3.63) is 59.4 Å². The van der Waals surface area contributed by atoms with Crippen LogP contribution in [0.3, 0.4) is 0 Å². The number of halogens is 1. The molecule has 0 aromatic heterocycles. The third-order valence-corrected chi connectivity index (χ3v) is 3.47. The second kappa shape index (κ2) is 5.89. The van der Waals surface area contributed by atoms with E-state index in [-0.39, 0.29) is 11.7 Å². The number of hydrogen-bond donors (Lipinski definition) is 1. The molecule has 2 aromatic carbocycles. The van der Waals surface area contributed by atoms with E-state index in [1.165, 1.54) is 12.1 Å². The standard InChI is InChI=1S/C15H14FNOS/c1-10-8-11(6-7-14(10)16)15(18)17-12-4-3-5-13(9-12)19-2/h3-9H,1-2H3,(H,17,18). The van der Waals surface area contributed by atoms with Crippen molar-refractivity contribution in [1.29, 1.82) is 0 Å². The summed E-state index contributed by atoms with van der Waals surface area (Å²) in [6.45, 7) is 1.64. The van der Waals surface area contributed by atoms with Gasteiger partial charge in [0.15, 0.2) is 0 Å². The van der Waals surface area contributed by atoms with E-state index < -0.39 is 0 Å². The van der Waals surface area contributed by atoms with E-state index in [1.54, 1.807) is 24.8 Å². The smallest absolute Gasteiger partial charge is 0.255 e. The minimum absolute atomic E-state index is 0.235. The predicted octanol–water partition coefficient (Wildman–Crippen LogP) is 4.11. The molecule has 0 radical (unpaired) electrons. The molecular weight excluding hydrogens is 261 g/mol. The van der Waals surface area contributed by atoms with Crippen LogP contribution in [0.5, 0.6) is 0 Å². The number of carbonyl (C=O) groups excluding carboxylic acids is 1. The summed E-state index contributed by atoms with van der Waals surface area (Å²) in [6.07, 6.45) is 1.98. The maximum atomic E-state index is 13.2. The molecule has 0 atom stereocenters. The zero-order chi connectivity index (χ0) is 13.8. The van der Waals surface area contributed by atoms with Crippen LogP contribution < -0.4 is 5.32 Å². The first-order valence-corrected chi connectivity index (χ1v) is 7.04. The molecule has 0 bridgehead atoms. The van der Waals surface area contributed by atoms with Crippen molar-refractivity contribution in [3.8, 4) is 0 Å². The molecule has 2 aromatic rings. The Labute approximate surface area is 116 Å². The molecule has 0 aliphatic carbocycles. The lowest BCUT2D eigenvalue weighted by Crippen LogP contribution is -2.12. The SMILES string of the molecule is CSc1cccc(NC(=O)c2ccc(F)c(C)c2)c1. The lowest BCUT2D eigenvalue weighted by Gasteiger charge is -2.07. The van der Waals surface area contributed by atoms with Crippen LogP contribution in [0.2, 0.25) is 0 Å². The van der Waals surface area contributed by atoms with Gasteiger partial charge in [-0.05, 0) is 55.1 Å². The average molecular weight is 275 g/mol. The van der Waals surface area contributed by atoms with Crippen LogP contribution in [0, 0.1) is 12.7 Å². The van der Waals surface area contributed by atoms with E-state index in [2.05, 4.69) is 5.32 Å². The zero-order valence-electron chi connectivity index (χ0n) is 10.7. The van der Waals surface area contributed by atoms with Gasteiger partial charge in [0, 0.05) is 16.1 Å². The van der Waals surface area contributed by atoms with Gasteiger partial charge >= 0.3 is 0 Å². The minimum atomic E-state index is -0.305. The zero-order valence-corrected chi connectivity index (χ0v) is 11.6. The first-order chi connectivity index (χ1) is 9.10. The minimum Gasteiger partial charge on any atom is -0.322 e. The van der Waals surface area contributed by atoms with Crippen molar-refractivity contribution in [2.24, 2.45) is 0 Å². The fourth-order valence-electron chi connectivity index (χ4n) is 1.69. The number of carbonyl (C=O) groups is 1. The van der Waals surface area contributed by atoms with Crippen LogP contribution in [0.25, 0.3) is 0 Å². The molecule has 0 unspecified atom stereocenters. The molecule has 0 aliphatic rings. The Hall–Kier alpha value is -1.81. The molecule has 1 N–H and O–H groups in total. The molecule has 1 amide bonds. The van der Waals surface area contributed by atoms with Gasteiger partial charge in [0.2, 0.25) is 0 Å². The number of hydrogen-bond acceptors (Lipinski definition) is 2. The number of benzene rings is 2. The number of nitrogens with one attached hydrogen (secondary N) is 1. The molecule has 0 aliphatic heterocycles. The highest BCUT2D eigenvalue weighted by atomic mass is 32.2. The fourth-order valence-corrected chi connectivity index (χ4v) is 2.15. The Morgan fingerprint density at radius 2 is 2.00 bits per heavy atom. The monoisotopic (exact) mass is 275 g/mol. The van der Waals surface area contributed by atoms with Crippen LogP contribution >= 0.6 is 11.8 Å². The van der Waals surface area contributed by atoms with Crippen LogP contribution in [0.15, 0.2) is 47.4 Å². The molecular formula is C15H14FNOS. The summed E-state index contributed by atoms with van der Waals surface area (Å²) in [6, 6.07) is 11.9. The quantitative estimate of drug-likeness (QED) is 0.854. The van der Waals surface area contributed by atoms with Crippen molar-refractivity contribution in [2.45, 2.75) is 11.8 Å². The van der Waals surface area contributed by atoms with E-state index in [4.69, 9.17) is 0 Å². The highest BCUT2D eigenvalue weighted by Crippen LogP contribution is 2.19. The van der Waals surface area contributed by atoms with Crippen molar-refractivity contribution in [2.75, 3.05) is 11.6 Å². The molecule has 2 rings (SSSR count). The van der Waals surface area contributed by atoms with Crippen LogP contribution in [0.4, 0.5) is 10.1 Å².